The zero-order valence-electron chi connectivity index (χ0n) is 20.1. The van der Waals surface area contributed by atoms with E-state index in [1.807, 2.05) is 13.0 Å². The van der Waals surface area contributed by atoms with E-state index in [4.69, 9.17) is 16.3 Å². The quantitative estimate of drug-likeness (QED) is 0.307. The van der Waals surface area contributed by atoms with Crippen molar-refractivity contribution in [1.29, 1.82) is 0 Å². The molecule has 34 heavy (non-hydrogen) atoms. The summed E-state index contributed by atoms with van der Waals surface area (Å²) in [5.74, 6) is 1.59. The highest BCUT2D eigenvalue weighted by Crippen LogP contribution is 2.30. The van der Waals surface area contributed by atoms with Crippen LogP contribution in [0, 0.1) is 0 Å². The lowest BCUT2D eigenvalue weighted by Gasteiger charge is -2.34. The van der Waals surface area contributed by atoms with Crippen LogP contribution < -0.4 is 10.6 Å². The van der Waals surface area contributed by atoms with E-state index in [0.717, 1.165) is 49.4 Å². The molecule has 3 aliphatic heterocycles. The van der Waals surface area contributed by atoms with Crippen molar-refractivity contribution in [2.75, 3.05) is 45.9 Å². The van der Waals surface area contributed by atoms with Crippen molar-refractivity contribution < 1.29 is 14.6 Å². The molecule has 1 amide bonds. The second-order valence-electron chi connectivity index (χ2n) is 9.41. The summed E-state index contributed by atoms with van der Waals surface area (Å²) in [5.41, 5.74) is 3.00. The van der Waals surface area contributed by atoms with Crippen molar-refractivity contribution in [1.82, 2.24) is 20.4 Å². The smallest absolute Gasteiger partial charge is 0.251 e. The number of ether oxygens (including phenoxy) is 1. The van der Waals surface area contributed by atoms with E-state index >= 15 is 0 Å². The molecule has 3 N–H and O–H groups in total. The molecule has 0 aromatic rings. The van der Waals surface area contributed by atoms with Gasteiger partial charge in [-0.3, -0.25) is 9.69 Å². The number of allylic oxidation sites excluding steroid dienone is 2. The van der Waals surface area contributed by atoms with Crippen molar-refractivity contribution in [2.24, 2.45) is 0 Å². The van der Waals surface area contributed by atoms with E-state index in [0.29, 0.717) is 36.5 Å². The molecule has 0 radical (unpaired) electrons. The molecule has 2 bridgehead atoms. The Hall–Kier alpha value is -2.22. The second-order valence-corrected chi connectivity index (χ2v) is 9.79. The van der Waals surface area contributed by atoms with Gasteiger partial charge >= 0.3 is 0 Å². The fourth-order valence-corrected chi connectivity index (χ4v) is 5.11. The average Bonchev–Trinajstić information content (AvgIpc) is 3.23. The molecule has 0 aromatic heterocycles. The zero-order valence-corrected chi connectivity index (χ0v) is 20.9. The Morgan fingerprint density at radius 3 is 2.85 bits per heavy atom. The van der Waals surface area contributed by atoms with Gasteiger partial charge in [0.05, 0.1) is 17.7 Å². The number of carbonyl (C=O) groups excluding carboxylic acids is 1. The van der Waals surface area contributed by atoms with Crippen molar-refractivity contribution in [3.05, 3.63) is 58.1 Å². The van der Waals surface area contributed by atoms with Crippen molar-refractivity contribution in [3.63, 3.8) is 0 Å². The number of aliphatic hydroxyl groups excluding tert-OH is 1. The fraction of sp³-hybridized carbons (Fsp3) is 0.577. The number of nitrogens with zero attached hydrogens (tertiary/aromatic N) is 2. The molecule has 4 rings (SSSR count). The molecule has 1 saturated carbocycles. The monoisotopic (exact) mass is 488 g/mol. The van der Waals surface area contributed by atoms with Gasteiger partial charge in [-0.05, 0) is 62.3 Å². The van der Waals surface area contributed by atoms with Crippen LogP contribution in [0.5, 0.6) is 0 Å². The molecule has 4 aliphatic rings. The van der Waals surface area contributed by atoms with Crippen LogP contribution in [0.4, 0.5) is 0 Å². The molecule has 1 atom stereocenters. The first-order chi connectivity index (χ1) is 16.5. The van der Waals surface area contributed by atoms with Crippen LogP contribution in [0.15, 0.2) is 58.1 Å². The maximum Gasteiger partial charge on any atom is 0.251 e. The third kappa shape index (κ3) is 5.88. The molecule has 1 saturated heterocycles. The molecule has 0 spiro atoms. The second kappa shape index (κ2) is 11.5. The van der Waals surface area contributed by atoms with Gasteiger partial charge in [-0.1, -0.05) is 24.3 Å². The molecule has 7 nitrogen and oxygen atoms in total. The Morgan fingerprint density at radius 1 is 1.38 bits per heavy atom. The Kier molecular flexibility index (Phi) is 8.40. The largest absolute Gasteiger partial charge is 0.492 e. The minimum absolute atomic E-state index is 0.0888. The predicted molar refractivity (Wildman–Crippen MR) is 135 cm³/mol. The standard InChI is InChI=1S/C26H37ClN4O3/c1-3-23(34-4-2)25(27)18-8-11-30(12-9-18)17-21(32)15-28-26(33)22-14-24(29-20-6-5-7-20)31-13-10-19(22)16-31/h3,8,14,20-21,29,32H,1,4-7,9-13,15-17H2,2H3,(H,28,33)/b25-23-/t21-/m0/s1. The maximum absolute atomic E-state index is 12.9. The summed E-state index contributed by atoms with van der Waals surface area (Å²) in [6.07, 6.45) is 10.5. The van der Waals surface area contributed by atoms with Crippen LogP contribution in [0.1, 0.15) is 39.0 Å². The van der Waals surface area contributed by atoms with Gasteiger partial charge in [-0.15, -0.1) is 0 Å². The highest BCUT2D eigenvalue weighted by Gasteiger charge is 2.31. The summed E-state index contributed by atoms with van der Waals surface area (Å²) in [4.78, 5) is 17.4. The van der Waals surface area contributed by atoms with Crippen LogP contribution in [0.3, 0.4) is 0 Å². The minimum atomic E-state index is -0.636. The molecule has 3 heterocycles. The van der Waals surface area contributed by atoms with E-state index < -0.39 is 6.10 Å². The Labute approximate surface area is 207 Å². The predicted octanol–water partition coefficient (Wildman–Crippen LogP) is 2.77. The molecular formula is C26H37ClN4O3. The summed E-state index contributed by atoms with van der Waals surface area (Å²) in [6, 6.07) is 0.534. The van der Waals surface area contributed by atoms with Crippen LogP contribution in [-0.2, 0) is 9.53 Å². The lowest BCUT2D eigenvalue weighted by atomic mass is 9.93. The molecule has 1 aliphatic carbocycles. The lowest BCUT2D eigenvalue weighted by molar-refractivity contribution is -0.117. The fourth-order valence-electron chi connectivity index (χ4n) is 4.81. The van der Waals surface area contributed by atoms with Gasteiger partial charge in [-0.25, -0.2) is 0 Å². The molecule has 186 valence electrons. The van der Waals surface area contributed by atoms with Gasteiger partial charge in [0.25, 0.3) is 5.91 Å². The molecule has 2 fully saturated rings. The topological polar surface area (TPSA) is 77.1 Å². The number of amides is 1. The first-order valence-electron chi connectivity index (χ1n) is 12.5. The number of carbonyl (C=O) groups is 1. The van der Waals surface area contributed by atoms with E-state index in [2.05, 4.69) is 33.1 Å². The lowest BCUT2D eigenvalue weighted by Crippen LogP contribution is -2.43. The maximum atomic E-state index is 12.9. The van der Waals surface area contributed by atoms with Gasteiger partial charge in [-0.2, -0.15) is 0 Å². The summed E-state index contributed by atoms with van der Waals surface area (Å²) >= 11 is 6.48. The third-order valence-electron chi connectivity index (χ3n) is 7.01. The normalized spacial score (nSPS) is 22.4. The molecule has 0 unspecified atom stereocenters. The van der Waals surface area contributed by atoms with E-state index in [1.54, 1.807) is 6.08 Å². The average molecular weight is 489 g/mol. The third-order valence-corrected chi connectivity index (χ3v) is 7.44. The number of halogens is 1. The van der Waals surface area contributed by atoms with Gasteiger partial charge in [0.1, 0.15) is 11.6 Å². The van der Waals surface area contributed by atoms with Crippen LogP contribution >= 0.6 is 11.6 Å². The van der Waals surface area contributed by atoms with E-state index in [9.17, 15) is 9.90 Å². The number of β-amino-alcohol motifs (C(OH)–C–C–N with tert-alkyl or cyclic N) is 1. The number of aliphatic hydroxyl groups is 1. The van der Waals surface area contributed by atoms with E-state index in [-0.39, 0.29) is 12.5 Å². The number of nitrogens with one attached hydrogen (secondary N) is 2. The first kappa shape index (κ1) is 24.9. The van der Waals surface area contributed by atoms with Crippen LogP contribution in [0.2, 0.25) is 0 Å². The number of rotatable bonds is 11. The Balaban J connectivity index is 1.26. The van der Waals surface area contributed by atoms with Crippen molar-refractivity contribution in [2.45, 2.75) is 51.2 Å². The minimum Gasteiger partial charge on any atom is -0.492 e. The summed E-state index contributed by atoms with van der Waals surface area (Å²) in [5, 5.41) is 17.7. The van der Waals surface area contributed by atoms with Gasteiger partial charge in [0.15, 0.2) is 0 Å². The van der Waals surface area contributed by atoms with Crippen LogP contribution in [0.25, 0.3) is 0 Å². The zero-order chi connectivity index (χ0) is 24.1. The Morgan fingerprint density at radius 2 is 2.21 bits per heavy atom. The van der Waals surface area contributed by atoms with Crippen molar-refractivity contribution in [3.8, 4) is 0 Å². The summed E-state index contributed by atoms with van der Waals surface area (Å²) < 4.78 is 5.53. The summed E-state index contributed by atoms with van der Waals surface area (Å²) in [7, 11) is 0. The Bertz CT molecular complexity index is 919. The number of fused-ring (bicyclic) bond motifs is 2. The molecular weight excluding hydrogens is 452 g/mol. The highest BCUT2D eigenvalue weighted by atomic mass is 35.5. The molecule has 0 aromatic carbocycles. The van der Waals surface area contributed by atoms with Gasteiger partial charge in [0.2, 0.25) is 0 Å². The van der Waals surface area contributed by atoms with Gasteiger partial charge in [0, 0.05) is 50.9 Å². The van der Waals surface area contributed by atoms with Crippen LogP contribution in [-0.4, -0.2) is 78.8 Å². The van der Waals surface area contributed by atoms with Crippen molar-refractivity contribution >= 4 is 17.5 Å². The first-order valence-corrected chi connectivity index (χ1v) is 12.8. The summed E-state index contributed by atoms with van der Waals surface area (Å²) in [6.45, 7) is 10.2. The van der Waals surface area contributed by atoms with Gasteiger partial charge < -0.3 is 25.4 Å². The number of hydrogen-bond donors (Lipinski definition) is 3. The van der Waals surface area contributed by atoms with E-state index in [1.165, 1.54) is 24.8 Å². The molecule has 8 heteroatoms. The highest BCUT2D eigenvalue weighted by molar-refractivity contribution is 6.32. The SMILES string of the molecule is C=C/C(OCC)=C(/Cl)C1=CCN(C[C@@H](O)CNC(=O)C2=C3CCN(C3)C(NC3CCC3)=C2)CC1. The number of hydrogen-bond acceptors (Lipinski definition) is 6.